The summed E-state index contributed by atoms with van der Waals surface area (Å²) in [6, 6.07) is 12.1. The number of rotatable bonds is 2. The first-order valence-corrected chi connectivity index (χ1v) is 7.22. The van der Waals surface area contributed by atoms with E-state index < -0.39 is 0 Å². The highest BCUT2D eigenvalue weighted by molar-refractivity contribution is 9.11. The number of halogens is 3. The molecule has 1 aromatic carbocycles. The molecule has 0 aliphatic rings. The molecule has 0 amide bonds. The minimum absolute atomic E-state index is 0.200. The molecule has 0 aliphatic heterocycles. The Morgan fingerprint density at radius 3 is 2.47 bits per heavy atom. The summed E-state index contributed by atoms with van der Waals surface area (Å²) in [4.78, 5) is 1.41. The lowest BCUT2D eigenvalue weighted by atomic mass is 10.1. The molecule has 2 aromatic rings. The molecular weight excluding hydrogens is 359 g/mol. The number of thiophene rings is 1. The molecule has 1 aromatic heterocycles. The van der Waals surface area contributed by atoms with Gasteiger partial charge in [0.15, 0.2) is 0 Å². The molecular formula is C11H7Br2ClS. The molecule has 78 valence electrons. The Kier molecular flexibility index (Phi) is 3.88. The van der Waals surface area contributed by atoms with Crippen LogP contribution in [0.4, 0.5) is 0 Å². The van der Waals surface area contributed by atoms with E-state index in [0.29, 0.717) is 0 Å². The third kappa shape index (κ3) is 2.64. The van der Waals surface area contributed by atoms with Crippen molar-refractivity contribution in [3.05, 3.63) is 55.6 Å². The second-order valence-corrected chi connectivity index (χ2v) is 6.54. The monoisotopic (exact) mass is 364 g/mol. The average Bonchev–Trinajstić information content (AvgIpc) is 2.65. The average molecular weight is 367 g/mol. The molecule has 0 bridgehead atoms. The molecule has 0 aliphatic carbocycles. The van der Waals surface area contributed by atoms with Crippen molar-refractivity contribution in [3.8, 4) is 0 Å². The Hall–Kier alpha value is 0.170. The highest BCUT2D eigenvalue weighted by atomic mass is 79.9. The minimum atomic E-state index is 0.200. The zero-order valence-corrected chi connectivity index (χ0v) is 12.3. The van der Waals surface area contributed by atoms with Gasteiger partial charge >= 0.3 is 0 Å². The highest BCUT2D eigenvalue weighted by Gasteiger charge is 2.14. The van der Waals surface area contributed by atoms with Gasteiger partial charge in [0.1, 0.15) is 0 Å². The zero-order valence-electron chi connectivity index (χ0n) is 7.58. The van der Waals surface area contributed by atoms with Crippen LogP contribution < -0.4 is 0 Å². The number of hydrogen-bond donors (Lipinski definition) is 0. The Balaban J connectivity index is 2.36. The summed E-state index contributed by atoms with van der Waals surface area (Å²) in [6.07, 6.45) is 0. The van der Waals surface area contributed by atoms with E-state index in [0.717, 1.165) is 8.81 Å². The normalized spacial score (nSPS) is 12.7. The number of benzene rings is 1. The van der Waals surface area contributed by atoms with Crippen molar-refractivity contribution in [1.82, 2.24) is 0 Å². The predicted octanol–water partition coefficient (Wildman–Crippen LogP) is 5.65. The van der Waals surface area contributed by atoms with Crippen molar-refractivity contribution in [2.75, 3.05) is 0 Å². The van der Waals surface area contributed by atoms with Crippen LogP contribution >= 0.6 is 54.8 Å². The summed E-state index contributed by atoms with van der Waals surface area (Å²) in [5.41, 5.74) is 1.22. The van der Waals surface area contributed by atoms with E-state index in [4.69, 9.17) is 11.6 Å². The summed E-state index contributed by atoms with van der Waals surface area (Å²) in [5, 5.41) is 0. The topological polar surface area (TPSA) is 0 Å². The minimum Gasteiger partial charge on any atom is -0.127 e. The van der Waals surface area contributed by atoms with E-state index in [1.807, 2.05) is 30.3 Å². The molecule has 0 spiro atoms. The standard InChI is InChI=1S/C11H7Br2ClS/c12-8-4-2-1-3-7(8)11(13)9-5-6-10(14)15-9/h1-6,11H. The van der Waals surface area contributed by atoms with Crippen LogP contribution in [0.25, 0.3) is 0 Å². The van der Waals surface area contributed by atoms with Crippen LogP contribution in [0.2, 0.25) is 4.34 Å². The van der Waals surface area contributed by atoms with Crippen molar-refractivity contribution >= 4 is 54.8 Å². The smallest absolute Gasteiger partial charge is 0.0931 e. The van der Waals surface area contributed by atoms with Crippen LogP contribution in [0, 0.1) is 0 Å². The van der Waals surface area contributed by atoms with Gasteiger partial charge in [0, 0.05) is 9.35 Å². The molecule has 1 atom stereocenters. The summed E-state index contributed by atoms with van der Waals surface area (Å²) in [5.74, 6) is 0. The van der Waals surface area contributed by atoms with Gasteiger partial charge in [0.25, 0.3) is 0 Å². The van der Waals surface area contributed by atoms with Crippen LogP contribution in [0.5, 0.6) is 0 Å². The fourth-order valence-electron chi connectivity index (χ4n) is 1.30. The first-order chi connectivity index (χ1) is 7.18. The fourth-order valence-corrected chi connectivity index (χ4v) is 4.01. The van der Waals surface area contributed by atoms with Gasteiger partial charge in [-0.1, -0.05) is 61.7 Å². The molecule has 0 nitrogen and oxygen atoms in total. The SMILES string of the molecule is Clc1ccc(C(Br)c2ccccc2Br)s1. The molecule has 4 heteroatoms. The molecule has 15 heavy (non-hydrogen) atoms. The molecule has 2 rings (SSSR count). The van der Waals surface area contributed by atoms with Gasteiger partial charge in [0.2, 0.25) is 0 Å². The largest absolute Gasteiger partial charge is 0.127 e. The Labute approximate surface area is 115 Å². The van der Waals surface area contributed by atoms with E-state index in [1.165, 1.54) is 10.4 Å². The molecule has 0 N–H and O–H groups in total. The van der Waals surface area contributed by atoms with E-state index >= 15 is 0 Å². The van der Waals surface area contributed by atoms with Gasteiger partial charge in [-0.15, -0.1) is 11.3 Å². The zero-order chi connectivity index (χ0) is 10.8. The molecule has 0 fully saturated rings. The summed E-state index contributed by atoms with van der Waals surface area (Å²) in [7, 11) is 0. The molecule has 0 saturated heterocycles. The number of hydrogen-bond acceptors (Lipinski definition) is 1. The van der Waals surface area contributed by atoms with E-state index in [2.05, 4.69) is 37.9 Å². The van der Waals surface area contributed by atoms with Crippen LogP contribution in [0.1, 0.15) is 15.3 Å². The van der Waals surface area contributed by atoms with Crippen molar-refractivity contribution in [3.63, 3.8) is 0 Å². The Morgan fingerprint density at radius 2 is 1.87 bits per heavy atom. The lowest BCUT2D eigenvalue weighted by Gasteiger charge is -2.09. The van der Waals surface area contributed by atoms with Gasteiger partial charge in [0.05, 0.1) is 9.16 Å². The van der Waals surface area contributed by atoms with Crippen molar-refractivity contribution in [1.29, 1.82) is 0 Å². The van der Waals surface area contributed by atoms with Gasteiger partial charge < -0.3 is 0 Å². The molecule has 1 unspecified atom stereocenters. The molecule has 0 radical (unpaired) electrons. The van der Waals surface area contributed by atoms with E-state index in [9.17, 15) is 0 Å². The predicted molar refractivity (Wildman–Crippen MR) is 74.2 cm³/mol. The van der Waals surface area contributed by atoms with E-state index in [1.54, 1.807) is 11.3 Å². The second kappa shape index (κ2) is 5.00. The van der Waals surface area contributed by atoms with Crippen LogP contribution in [-0.2, 0) is 0 Å². The third-order valence-electron chi connectivity index (χ3n) is 2.02. The lowest BCUT2D eigenvalue weighted by Crippen LogP contribution is -1.90. The lowest BCUT2D eigenvalue weighted by molar-refractivity contribution is 1.21. The van der Waals surface area contributed by atoms with Gasteiger partial charge in [-0.25, -0.2) is 0 Å². The van der Waals surface area contributed by atoms with E-state index in [-0.39, 0.29) is 4.83 Å². The van der Waals surface area contributed by atoms with Crippen LogP contribution in [-0.4, -0.2) is 0 Å². The Bertz CT molecular complexity index is 467. The van der Waals surface area contributed by atoms with Crippen LogP contribution in [0.3, 0.4) is 0 Å². The first-order valence-electron chi connectivity index (χ1n) is 4.32. The van der Waals surface area contributed by atoms with Crippen molar-refractivity contribution in [2.45, 2.75) is 4.83 Å². The maximum absolute atomic E-state index is 5.92. The Morgan fingerprint density at radius 1 is 1.13 bits per heavy atom. The first kappa shape index (κ1) is 11.6. The van der Waals surface area contributed by atoms with Gasteiger partial charge in [-0.3, -0.25) is 0 Å². The van der Waals surface area contributed by atoms with Crippen LogP contribution in [0.15, 0.2) is 40.9 Å². The fraction of sp³-hybridized carbons (Fsp3) is 0.0909. The van der Waals surface area contributed by atoms with Gasteiger partial charge in [-0.05, 0) is 23.8 Å². The number of alkyl halides is 1. The summed E-state index contributed by atoms with van der Waals surface area (Å²) in [6.45, 7) is 0. The quantitative estimate of drug-likeness (QED) is 0.603. The third-order valence-corrected chi connectivity index (χ3v) is 5.33. The summed E-state index contributed by atoms with van der Waals surface area (Å²) < 4.78 is 1.93. The second-order valence-electron chi connectivity index (χ2n) is 3.03. The van der Waals surface area contributed by atoms with Crippen molar-refractivity contribution in [2.24, 2.45) is 0 Å². The molecule has 1 heterocycles. The maximum Gasteiger partial charge on any atom is 0.0931 e. The van der Waals surface area contributed by atoms with Crippen molar-refractivity contribution < 1.29 is 0 Å². The van der Waals surface area contributed by atoms with Gasteiger partial charge in [-0.2, -0.15) is 0 Å². The highest BCUT2D eigenvalue weighted by Crippen LogP contribution is 2.39. The molecule has 0 saturated carbocycles. The maximum atomic E-state index is 5.92. The summed E-state index contributed by atoms with van der Waals surface area (Å²) >= 11 is 14.7.